The normalized spacial score (nSPS) is 21.7. The molecule has 2 rings (SSSR count). The van der Waals surface area contributed by atoms with Crippen LogP contribution >= 0.6 is 23.2 Å². The van der Waals surface area contributed by atoms with Crippen LogP contribution in [0, 0.1) is 5.92 Å². The van der Waals surface area contributed by atoms with Crippen LogP contribution in [0.2, 0.25) is 10.0 Å². The summed E-state index contributed by atoms with van der Waals surface area (Å²) in [5, 5.41) is 0.667. The number of carbonyl (C=O) groups is 1. The van der Waals surface area contributed by atoms with Crippen molar-refractivity contribution in [2.45, 2.75) is 32.7 Å². The molecule has 0 radical (unpaired) electrons. The van der Waals surface area contributed by atoms with Crippen molar-refractivity contribution in [1.82, 2.24) is 4.90 Å². The first kappa shape index (κ1) is 15.6. The number of halogens is 2. The lowest BCUT2D eigenvalue weighted by atomic mass is 9.96. The smallest absolute Gasteiger partial charge is 0.179 e. The minimum atomic E-state index is -0.159. The topological polar surface area (TPSA) is 46.3 Å². The summed E-state index contributed by atoms with van der Waals surface area (Å²) in [4.78, 5) is 14.8. The highest BCUT2D eigenvalue weighted by atomic mass is 35.5. The van der Waals surface area contributed by atoms with Gasteiger partial charge in [0.2, 0.25) is 0 Å². The Morgan fingerprint density at radius 2 is 2.00 bits per heavy atom. The Morgan fingerprint density at radius 3 is 2.55 bits per heavy atom. The third-order valence-corrected chi connectivity index (χ3v) is 4.60. The zero-order chi connectivity index (χ0) is 14.9. The maximum Gasteiger partial charge on any atom is 0.179 e. The largest absolute Gasteiger partial charge is 0.396 e. The number of benzene rings is 1. The number of rotatable bonds is 3. The second kappa shape index (κ2) is 6.33. The van der Waals surface area contributed by atoms with Crippen molar-refractivity contribution in [2.24, 2.45) is 5.92 Å². The second-order valence-electron chi connectivity index (χ2n) is 5.64. The second-order valence-corrected chi connectivity index (χ2v) is 6.45. The molecule has 1 aliphatic rings. The molecule has 2 atom stereocenters. The lowest BCUT2D eigenvalue weighted by Crippen LogP contribution is -2.44. The molecule has 0 aromatic heterocycles. The number of hydrogen-bond donors (Lipinski definition) is 1. The fourth-order valence-corrected chi connectivity index (χ4v) is 3.20. The molecule has 2 N–H and O–H groups in total. The Kier molecular flexibility index (Phi) is 4.95. The van der Waals surface area contributed by atoms with E-state index < -0.39 is 0 Å². The van der Waals surface area contributed by atoms with E-state index in [1.165, 1.54) is 6.42 Å². The molecular formula is C15H20Cl2N2O. The van der Waals surface area contributed by atoms with Crippen molar-refractivity contribution in [3.8, 4) is 0 Å². The van der Waals surface area contributed by atoms with Crippen molar-refractivity contribution in [1.29, 1.82) is 0 Å². The van der Waals surface area contributed by atoms with Crippen LogP contribution in [0.1, 0.15) is 37.0 Å². The van der Waals surface area contributed by atoms with E-state index in [-0.39, 0.29) is 11.8 Å². The lowest BCUT2D eigenvalue weighted by molar-refractivity contribution is 0.0765. The van der Waals surface area contributed by atoms with E-state index in [0.717, 1.165) is 19.5 Å². The molecule has 5 heteroatoms. The summed E-state index contributed by atoms with van der Waals surface area (Å²) >= 11 is 12.0. The summed E-state index contributed by atoms with van der Waals surface area (Å²) in [5.74, 6) is 0.681. The average Bonchev–Trinajstić information content (AvgIpc) is 2.42. The van der Waals surface area contributed by atoms with Gasteiger partial charge in [0, 0.05) is 12.1 Å². The number of nitrogens with two attached hydrogens (primary N) is 1. The van der Waals surface area contributed by atoms with E-state index in [9.17, 15) is 4.79 Å². The van der Waals surface area contributed by atoms with Crippen molar-refractivity contribution in [2.75, 3.05) is 18.8 Å². The number of piperidine rings is 1. The summed E-state index contributed by atoms with van der Waals surface area (Å²) in [6.45, 7) is 6.09. The number of nitrogens with zero attached hydrogens (tertiary/aromatic N) is 1. The molecule has 0 spiro atoms. The highest BCUT2D eigenvalue weighted by molar-refractivity contribution is 6.39. The number of hydrogen-bond acceptors (Lipinski definition) is 3. The van der Waals surface area contributed by atoms with Crippen LogP contribution in [0.4, 0.5) is 5.69 Å². The molecule has 0 bridgehead atoms. The summed E-state index contributed by atoms with van der Waals surface area (Å²) in [5.41, 5.74) is 6.55. The van der Waals surface area contributed by atoms with Gasteiger partial charge in [-0.1, -0.05) is 30.1 Å². The highest BCUT2D eigenvalue weighted by Gasteiger charge is 2.26. The van der Waals surface area contributed by atoms with Gasteiger partial charge in [0.1, 0.15) is 0 Å². The fourth-order valence-electron chi connectivity index (χ4n) is 2.71. The summed E-state index contributed by atoms with van der Waals surface area (Å²) in [7, 11) is 0. The average molecular weight is 315 g/mol. The molecule has 1 heterocycles. The Labute approximate surface area is 130 Å². The maximum atomic E-state index is 12.6. The standard InChI is InChI=1S/C15H20Cl2N2O/c1-9-4-3-5-19(8-9)10(2)15(20)11-6-12(16)14(18)13(17)7-11/h6-7,9-10H,3-5,8,18H2,1-2H3. The summed E-state index contributed by atoms with van der Waals surface area (Å²) in [6, 6.07) is 3.05. The number of carbonyl (C=O) groups excluding carboxylic acids is 1. The first-order valence-corrected chi connectivity index (χ1v) is 7.68. The summed E-state index contributed by atoms with van der Waals surface area (Å²) < 4.78 is 0. The Hall–Kier alpha value is -0.770. The van der Waals surface area contributed by atoms with Gasteiger partial charge in [0.15, 0.2) is 5.78 Å². The van der Waals surface area contributed by atoms with Crippen molar-refractivity contribution < 1.29 is 4.79 Å². The van der Waals surface area contributed by atoms with Crippen molar-refractivity contribution in [3.63, 3.8) is 0 Å². The van der Waals surface area contributed by atoms with E-state index in [1.807, 2.05) is 6.92 Å². The van der Waals surface area contributed by atoms with Gasteiger partial charge in [-0.3, -0.25) is 9.69 Å². The summed E-state index contributed by atoms with van der Waals surface area (Å²) in [6.07, 6.45) is 2.37. The number of Topliss-reactive ketones (excluding diaryl/α,β-unsaturated/α-hetero) is 1. The van der Waals surface area contributed by atoms with Gasteiger partial charge in [-0.25, -0.2) is 0 Å². The van der Waals surface area contributed by atoms with Crippen LogP contribution in [-0.2, 0) is 0 Å². The number of anilines is 1. The molecule has 2 unspecified atom stereocenters. The Bertz CT molecular complexity index is 496. The fraction of sp³-hybridized carbons (Fsp3) is 0.533. The third kappa shape index (κ3) is 3.27. The minimum Gasteiger partial charge on any atom is -0.396 e. The first-order valence-electron chi connectivity index (χ1n) is 6.93. The molecular weight excluding hydrogens is 295 g/mol. The van der Waals surface area contributed by atoms with Gasteiger partial charge < -0.3 is 5.73 Å². The van der Waals surface area contributed by atoms with Gasteiger partial charge in [-0.05, 0) is 44.4 Å². The van der Waals surface area contributed by atoms with Crippen LogP contribution in [0.25, 0.3) is 0 Å². The van der Waals surface area contributed by atoms with Gasteiger partial charge in [-0.2, -0.15) is 0 Å². The minimum absolute atomic E-state index is 0.0444. The number of ketones is 1. The van der Waals surface area contributed by atoms with Gasteiger partial charge in [0.05, 0.1) is 21.8 Å². The lowest BCUT2D eigenvalue weighted by Gasteiger charge is -2.34. The Balaban J connectivity index is 2.18. The SMILES string of the molecule is CC1CCCN(C(C)C(=O)c2cc(Cl)c(N)c(Cl)c2)C1. The van der Waals surface area contributed by atoms with Gasteiger partial charge >= 0.3 is 0 Å². The van der Waals surface area contributed by atoms with Crippen molar-refractivity contribution >= 4 is 34.7 Å². The first-order chi connectivity index (χ1) is 9.40. The number of nitrogen functional groups attached to an aromatic ring is 1. The zero-order valence-electron chi connectivity index (χ0n) is 11.8. The molecule has 0 amide bonds. The van der Waals surface area contributed by atoms with Crippen LogP contribution in [-0.4, -0.2) is 29.8 Å². The van der Waals surface area contributed by atoms with Gasteiger partial charge in [0.25, 0.3) is 0 Å². The van der Waals surface area contributed by atoms with Crippen LogP contribution < -0.4 is 5.73 Å². The van der Waals surface area contributed by atoms with Gasteiger partial charge in [-0.15, -0.1) is 0 Å². The monoisotopic (exact) mass is 314 g/mol. The zero-order valence-corrected chi connectivity index (χ0v) is 13.3. The molecule has 1 aromatic carbocycles. The molecule has 110 valence electrons. The molecule has 1 saturated heterocycles. The van der Waals surface area contributed by atoms with Crippen LogP contribution in [0.15, 0.2) is 12.1 Å². The van der Waals surface area contributed by atoms with Crippen LogP contribution in [0.3, 0.4) is 0 Å². The third-order valence-electron chi connectivity index (χ3n) is 3.98. The van der Waals surface area contributed by atoms with E-state index in [4.69, 9.17) is 28.9 Å². The molecule has 1 fully saturated rings. The maximum absolute atomic E-state index is 12.6. The van der Waals surface area contributed by atoms with E-state index in [2.05, 4.69) is 11.8 Å². The molecule has 0 saturated carbocycles. The molecule has 1 aliphatic heterocycles. The predicted molar refractivity (Wildman–Crippen MR) is 84.6 cm³/mol. The number of likely N-dealkylation sites (tertiary alicyclic amines) is 1. The highest BCUT2D eigenvalue weighted by Crippen LogP contribution is 2.30. The molecule has 20 heavy (non-hydrogen) atoms. The molecule has 0 aliphatic carbocycles. The van der Waals surface area contributed by atoms with E-state index in [0.29, 0.717) is 27.2 Å². The molecule has 1 aromatic rings. The quantitative estimate of drug-likeness (QED) is 0.680. The van der Waals surface area contributed by atoms with E-state index in [1.54, 1.807) is 12.1 Å². The predicted octanol–water partition coefficient (Wildman–Crippen LogP) is 3.88. The Morgan fingerprint density at radius 1 is 1.40 bits per heavy atom. The molecule has 3 nitrogen and oxygen atoms in total. The van der Waals surface area contributed by atoms with Crippen molar-refractivity contribution in [3.05, 3.63) is 27.7 Å². The van der Waals surface area contributed by atoms with E-state index >= 15 is 0 Å². The van der Waals surface area contributed by atoms with Crippen LogP contribution in [0.5, 0.6) is 0 Å².